The van der Waals surface area contributed by atoms with Gasteiger partial charge in [0.2, 0.25) is 12.8 Å². The molecule has 2 amide bonds. The molecule has 0 aliphatic rings. The van der Waals surface area contributed by atoms with Gasteiger partial charge >= 0.3 is 0 Å². The molecule has 0 aliphatic heterocycles. The van der Waals surface area contributed by atoms with Crippen molar-refractivity contribution in [1.82, 2.24) is 4.90 Å². The fourth-order valence-corrected chi connectivity index (χ4v) is 0.854. The Balaban J connectivity index is 2.56. The summed E-state index contributed by atoms with van der Waals surface area (Å²) in [6.45, 7) is 0.127. The highest BCUT2D eigenvalue weighted by atomic mass is 16.2. The van der Waals surface area contributed by atoms with Crippen LogP contribution in [-0.2, 0) is 9.59 Å². The molecule has 3 nitrogen and oxygen atoms in total. The Morgan fingerprint density at radius 3 is 2.36 bits per heavy atom. The van der Waals surface area contributed by atoms with Gasteiger partial charge in [0.25, 0.3) is 0 Å². The SMILES string of the molecule is O=CN(C=O)CC#Cc1ccccc1. The first kappa shape index (κ1) is 10.0. The lowest BCUT2D eigenvalue weighted by atomic mass is 10.2. The lowest BCUT2D eigenvalue weighted by molar-refractivity contribution is -0.128. The average Bonchev–Trinajstić information content (AvgIpc) is 2.26. The van der Waals surface area contributed by atoms with Crippen molar-refractivity contribution in [2.45, 2.75) is 0 Å². The van der Waals surface area contributed by atoms with Crippen LogP contribution in [0.1, 0.15) is 5.56 Å². The van der Waals surface area contributed by atoms with Gasteiger partial charge in [0.1, 0.15) is 0 Å². The van der Waals surface area contributed by atoms with Crippen LogP contribution in [0.4, 0.5) is 0 Å². The van der Waals surface area contributed by atoms with Crippen molar-refractivity contribution in [2.24, 2.45) is 0 Å². The van der Waals surface area contributed by atoms with Gasteiger partial charge in [-0.1, -0.05) is 30.0 Å². The Bertz CT molecular complexity index is 354. The molecular formula is C11H9NO2. The number of nitrogens with zero attached hydrogens (tertiary/aromatic N) is 1. The van der Waals surface area contributed by atoms with E-state index in [-0.39, 0.29) is 6.54 Å². The van der Waals surface area contributed by atoms with Crippen molar-refractivity contribution in [3.63, 3.8) is 0 Å². The van der Waals surface area contributed by atoms with Gasteiger partial charge in [-0.3, -0.25) is 14.5 Å². The van der Waals surface area contributed by atoms with Gasteiger partial charge in [0.15, 0.2) is 0 Å². The van der Waals surface area contributed by atoms with Gasteiger partial charge in [-0.15, -0.1) is 0 Å². The third-order valence-electron chi connectivity index (χ3n) is 1.54. The van der Waals surface area contributed by atoms with Crippen LogP contribution in [0.3, 0.4) is 0 Å². The van der Waals surface area contributed by atoms with Crippen molar-refractivity contribution in [3.8, 4) is 11.8 Å². The molecule has 0 unspecified atom stereocenters. The van der Waals surface area contributed by atoms with Crippen molar-refractivity contribution in [1.29, 1.82) is 0 Å². The van der Waals surface area contributed by atoms with Gasteiger partial charge in [0, 0.05) is 5.56 Å². The molecule has 0 aromatic heterocycles. The fraction of sp³-hybridized carbons (Fsp3) is 0.0909. The molecule has 0 radical (unpaired) electrons. The molecular weight excluding hydrogens is 178 g/mol. The zero-order valence-electron chi connectivity index (χ0n) is 7.51. The molecule has 1 rings (SSSR count). The molecule has 0 bridgehead atoms. The van der Waals surface area contributed by atoms with E-state index >= 15 is 0 Å². The highest BCUT2D eigenvalue weighted by Gasteiger charge is 1.92. The topological polar surface area (TPSA) is 37.4 Å². The Morgan fingerprint density at radius 2 is 1.79 bits per heavy atom. The maximum Gasteiger partial charge on any atom is 0.216 e. The Labute approximate surface area is 82.3 Å². The van der Waals surface area contributed by atoms with Crippen LogP contribution in [0.5, 0.6) is 0 Å². The van der Waals surface area contributed by atoms with Gasteiger partial charge < -0.3 is 0 Å². The van der Waals surface area contributed by atoms with Crippen LogP contribution in [0.25, 0.3) is 0 Å². The van der Waals surface area contributed by atoms with Crippen LogP contribution in [0, 0.1) is 11.8 Å². The number of carbonyl (C=O) groups is 2. The molecule has 70 valence electrons. The van der Waals surface area contributed by atoms with Crippen LogP contribution >= 0.6 is 0 Å². The summed E-state index contributed by atoms with van der Waals surface area (Å²) in [5.74, 6) is 5.55. The van der Waals surface area contributed by atoms with Crippen LogP contribution in [0.2, 0.25) is 0 Å². The molecule has 0 atom stereocenters. The van der Waals surface area contributed by atoms with E-state index < -0.39 is 0 Å². The minimum atomic E-state index is 0.127. The summed E-state index contributed by atoms with van der Waals surface area (Å²) in [5.41, 5.74) is 0.865. The number of carbonyl (C=O) groups excluding carboxylic acids is 2. The maximum atomic E-state index is 10.2. The largest absolute Gasteiger partial charge is 0.278 e. The third kappa shape index (κ3) is 3.11. The van der Waals surface area contributed by atoms with Gasteiger partial charge in [-0.05, 0) is 12.1 Å². The fourth-order valence-electron chi connectivity index (χ4n) is 0.854. The van der Waals surface area contributed by atoms with Gasteiger partial charge in [0.05, 0.1) is 6.54 Å². The molecule has 14 heavy (non-hydrogen) atoms. The minimum Gasteiger partial charge on any atom is -0.278 e. The molecule has 0 heterocycles. The molecule has 0 saturated carbocycles. The average molecular weight is 187 g/mol. The van der Waals surface area contributed by atoms with Crippen molar-refractivity contribution in [2.75, 3.05) is 6.54 Å². The van der Waals surface area contributed by atoms with Crippen LogP contribution in [0.15, 0.2) is 30.3 Å². The lowest BCUT2D eigenvalue weighted by Crippen LogP contribution is -2.19. The molecule has 1 aromatic carbocycles. The zero-order valence-corrected chi connectivity index (χ0v) is 7.51. The summed E-state index contributed by atoms with van der Waals surface area (Å²) in [7, 11) is 0. The standard InChI is InChI=1S/C11H9NO2/c13-9-12(10-14)8-4-7-11-5-2-1-3-6-11/h1-3,5-6,9-10H,8H2. The van der Waals surface area contributed by atoms with Crippen LogP contribution in [-0.4, -0.2) is 24.3 Å². The molecule has 0 saturated heterocycles. The molecule has 1 aromatic rings. The minimum absolute atomic E-state index is 0.127. The van der Waals surface area contributed by atoms with E-state index in [1.807, 2.05) is 30.3 Å². The van der Waals surface area contributed by atoms with E-state index in [9.17, 15) is 9.59 Å². The van der Waals surface area contributed by atoms with Crippen molar-refractivity contribution in [3.05, 3.63) is 35.9 Å². The molecule has 0 aliphatic carbocycles. The molecule has 0 fully saturated rings. The van der Waals surface area contributed by atoms with Gasteiger partial charge in [-0.25, -0.2) is 0 Å². The third-order valence-corrected chi connectivity index (χ3v) is 1.54. The summed E-state index contributed by atoms with van der Waals surface area (Å²) in [4.78, 5) is 21.4. The number of benzene rings is 1. The van der Waals surface area contributed by atoms with Gasteiger partial charge in [-0.2, -0.15) is 0 Å². The Morgan fingerprint density at radius 1 is 1.14 bits per heavy atom. The second-order valence-electron chi connectivity index (χ2n) is 2.55. The van der Waals surface area contributed by atoms with E-state index in [4.69, 9.17) is 0 Å². The highest BCUT2D eigenvalue weighted by molar-refractivity contribution is 5.69. The number of amides is 2. The molecule has 3 heteroatoms. The van der Waals surface area contributed by atoms with E-state index in [1.54, 1.807) is 0 Å². The quantitative estimate of drug-likeness (QED) is 0.514. The second-order valence-corrected chi connectivity index (χ2v) is 2.55. The zero-order chi connectivity index (χ0) is 10.2. The summed E-state index contributed by atoms with van der Waals surface area (Å²) in [5, 5.41) is 0. The Kier molecular flexibility index (Phi) is 3.96. The number of hydrogen-bond donors (Lipinski definition) is 0. The summed E-state index contributed by atoms with van der Waals surface area (Å²) in [6.07, 6.45) is 0.902. The molecule has 0 spiro atoms. The monoisotopic (exact) mass is 187 g/mol. The smallest absolute Gasteiger partial charge is 0.216 e. The first-order valence-corrected chi connectivity index (χ1v) is 4.07. The van der Waals surface area contributed by atoms with E-state index in [2.05, 4.69) is 11.8 Å². The number of imide groups is 1. The van der Waals surface area contributed by atoms with Crippen molar-refractivity contribution < 1.29 is 9.59 Å². The normalized spacial score (nSPS) is 8.29. The number of hydrogen-bond acceptors (Lipinski definition) is 2. The highest BCUT2D eigenvalue weighted by Crippen LogP contribution is 1.94. The summed E-state index contributed by atoms with van der Waals surface area (Å²) in [6, 6.07) is 9.37. The second kappa shape index (κ2) is 5.55. The predicted octanol–water partition coefficient (Wildman–Crippen LogP) is 0.653. The van der Waals surface area contributed by atoms with Crippen LogP contribution < -0.4 is 0 Å². The maximum absolute atomic E-state index is 10.2. The summed E-state index contributed by atoms with van der Waals surface area (Å²) < 4.78 is 0. The first-order valence-electron chi connectivity index (χ1n) is 4.07. The van der Waals surface area contributed by atoms with Crippen molar-refractivity contribution >= 4 is 12.8 Å². The van der Waals surface area contributed by atoms with E-state index in [1.165, 1.54) is 0 Å². The summed E-state index contributed by atoms with van der Waals surface area (Å²) >= 11 is 0. The van der Waals surface area contributed by atoms with E-state index in [0.29, 0.717) is 12.8 Å². The Hall–Kier alpha value is -2.08. The first-order chi connectivity index (χ1) is 6.86. The van der Waals surface area contributed by atoms with E-state index in [0.717, 1.165) is 10.5 Å². The molecule has 0 N–H and O–H groups in total. The predicted molar refractivity (Wildman–Crippen MR) is 52.2 cm³/mol. The number of rotatable bonds is 3. The lowest BCUT2D eigenvalue weighted by Gasteiger charge is -2.00.